The Bertz CT molecular complexity index is 418. The molecule has 0 atom stereocenters. The van der Waals surface area contributed by atoms with Crippen LogP contribution < -0.4 is 11.1 Å². The largest absolute Gasteiger partial charge is 0.377 e. The third-order valence-electron chi connectivity index (χ3n) is 2.69. The van der Waals surface area contributed by atoms with Crippen LogP contribution in [0.15, 0.2) is 34.2 Å². The van der Waals surface area contributed by atoms with Crippen molar-refractivity contribution in [2.75, 3.05) is 26.3 Å². The summed E-state index contributed by atoms with van der Waals surface area (Å²) in [5.41, 5.74) is 7.02. The maximum Gasteiger partial charge on any atom is 0.188 e. The van der Waals surface area contributed by atoms with E-state index in [0.29, 0.717) is 19.1 Å². The van der Waals surface area contributed by atoms with E-state index in [4.69, 9.17) is 10.5 Å². The fourth-order valence-electron chi connectivity index (χ4n) is 1.73. The van der Waals surface area contributed by atoms with Crippen molar-refractivity contribution < 1.29 is 4.74 Å². The minimum atomic E-state index is 0. The van der Waals surface area contributed by atoms with Gasteiger partial charge >= 0.3 is 0 Å². The molecule has 0 saturated carbocycles. The van der Waals surface area contributed by atoms with Crippen LogP contribution in [0.3, 0.4) is 0 Å². The molecule has 0 bridgehead atoms. The first-order valence-corrected chi connectivity index (χ1v) is 7.04. The van der Waals surface area contributed by atoms with Gasteiger partial charge in [-0.25, -0.2) is 4.99 Å². The van der Waals surface area contributed by atoms with E-state index in [0.717, 1.165) is 26.0 Å². The van der Waals surface area contributed by atoms with Crippen LogP contribution in [0, 0.1) is 0 Å². The van der Waals surface area contributed by atoms with Crippen molar-refractivity contribution in [2.24, 2.45) is 10.7 Å². The fraction of sp³-hybridized carbons (Fsp3) is 0.462. The summed E-state index contributed by atoms with van der Waals surface area (Å²) in [4.78, 5) is 5.66. The molecule has 1 aromatic heterocycles. The molecule has 0 fully saturated rings. The number of hydrogen-bond donors (Lipinski definition) is 2. The van der Waals surface area contributed by atoms with Gasteiger partial charge in [-0.1, -0.05) is 12.1 Å². The molecular formula is C13H20IN3OS. The van der Waals surface area contributed by atoms with Crippen molar-refractivity contribution >= 4 is 41.3 Å². The molecule has 6 heteroatoms. The van der Waals surface area contributed by atoms with Gasteiger partial charge in [-0.3, -0.25) is 0 Å². The molecule has 0 radical (unpaired) electrons. The second-order valence-corrected chi connectivity index (χ2v) is 5.19. The van der Waals surface area contributed by atoms with Gasteiger partial charge in [0.1, 0.15) is 0 Å². The maximum atomic E-state index is 5.80. The van der Waals surface area contributed by atoms with E-state index in [1.807, 2.05) is 0 Å². The number of nitrogens with one attached hydrogen (secondary N) is 1. The Morgan fingerprint density at radius 3 is 3.11 bits per heavy atom. The second kappa shape index (κ2) is 9.33. The summed E-state index contributed by atoms with van der Waals surface area (Å²) < 4.78 is 5.35. The molecule has 2 heterocycles. The lowest BCUT2D eigenvalue weighted by molar-refractivity contribution is 0.150. The lowest BCUT2D eigenvalue weighted by Gasteiger charge is -2.12. The molecule has 4 nitrogen and oxygen atoms in total. The van der Waals surface area contributed by atoms with Crippen LogP contribution in [0.4, 0.5) is 0 Å². The summed E-state index contributed by atoms with van der Waals surface area (Å²) in [6.07, 6.45) is 4.15. The van der Waals surface area contributed by atoms with E-state index in [2.05, 4.69) is 33.9 Å². The molecule has 106 valence electrons. The van der Waals surface area contributed by atoms with E-state index in [1.54, 1.807) is 11.3 Å². The van der Waals surface area contributed by atoms with Crippen molar-refractivity contribution in [1.82, 2.24) is 5.32 Å². The van der Waals surface area contributed by atoms with Crippen LogP contribution in [0.1, 0.15) is 11.3 Å². The number of aliphatic imine (C=N–C) groups is 1. The number of nitrogens with two attached hydrogens (primary N) is 1. The predicted octanol–water partition coefficient (Wildman–Crippen LogP) is 2.16. The van der Waals surface area contributed by atoms with Crippen molar-refractivity contribution in [3.05, 3.63) is 34.0 Å². The van der Waals surface area contributed by atoms with Gasteiger partial charge in [-0.2, -0.15) is 0 Å². The van der Waals surface area contributed by atoms with Gasteiger partial charge < -0.3 is 15.8 Å². The Morgan fingerprint density at radius 2 is 2.42 bits per heavy atom. The zero-order valence-electron chi connectivity index (χ0n) is 10.8. The number of ether oxygens (including phenoxy) is 1. The number of hydrogen-bond acceptors (Lipinski definition) is 3. The number of nitrogens with zero attached hydrogens (tertiary/aromatic N) is 1. The molecule has 0 amide bonds. The van der Waals surface area contributed by atoms with Crippen LogP contribution in [-0.2, 0) is 11.2 Å². The number of guanidine groups is 1. The Labute approximate surface area is 135 Å². The van der Waals surface area contributed by atoms with Gasteiger partial charge in [0.15, 0.2) is 5.96 Å². The third kappa shape index (κ3) is 6.40. The molecule has 3 N–H and O–H groups in total. The van der Waals surface area contributed by atoms with Gasteiger partial charge in [-0.15, -0.1) is 35.3 Å². The maximum absolute atomic E-state index is 5.80. The van der Waals surface area contributed by atoms with Crippen molar-refractivity contribution in [3.63, 3.8) is 0 Å². The first kappa shape index (κ1) is 16.5. The van der Waals surface area contributed by atoms with Crippen molar-refractivity contribution in [2.45, 2.75) is 12.8 Å². The second-order valence-electron chi connectivity index (χ2n) is 4.16. The van der Waals surface area contributed by atoms with Crippen LogP contribution in [-0.4, -0.2) is 32.3 Å². The quantitative estimate of drug-likeness (QED) is 0.349. The molecule has 1 aromatic rings. The van der Waals surface area contributed by atoms with Gasteiger partial charge in [0, 0.05) is 11.4 Å². The molecular weight excluding hydrogens is 373 g/mol. The fourth-order valence-corrected chi connectivity index (χ4v) is 2.44. The predicted molar refractivity (Wildman–Crippen MR) is 91.4 cm³/mol. The number of thiophene rings is 1. The molecule has 19 heavy (non-hydrogen) atoms. The van der Waals surface area contributed by atoms with Crippen molar-refractivity contribution in [1.29, 1.82) is 0 Å². The Balaban J connectivity index is 0.00000180. The summed E-state index contributed by atoms with van der Waals surface area (Å²) in [5, 5.41) is 5.21. The minimum absolute atomic E-state index is 0. The summed E-state index contributed by atoms with van der Waals surface area (Å²) in [7, 11) is 0. The van der Waals surface area contributed by atoms with E-state index < -0.39 is 0 Å². The van der Waals surface area contributed by atoms with Crippen molar-refractivity contribution in [3.8, 4) is 0 Å². The smallest absolute Gasteiger partial charge is 0.188 e. The molecule has 0 spiro atoms. The first-order valence-electron chi connectivity index (χ1n) is 6.16. The zero-order chi connectivity index (χ0) is 12.6. The molecule has 1 aliphatic heterocycles. The highest BCUT2D eigenvalue weighted by molar-refractivity contribution is 14.0. The van der Waals surface area contributed by atoms with Gasteiger partial charge in [-0.05, 0) is 29.9 Å². The van der Waals surface area contributed by atoms with Crippen LogP contribution >= 0.6 is 35.3 Å². The Hall–Kier alpha value is -0.600. The Kier molecular flexibility index (Phi) is 8.08. The third-order valence-corrected chi connectivity index (χ3v) is 3.63. The summed E-state index contributed by atoms with van der Waals surface area (Å²) in [6, 6.07) is 4.19. The molecule has 0 unspecified atom stereocenters. The highest BCUT2D eigenvalue weighted by Crippen LogP contribution is 2.08. The van der Waals surface area contributed by atoms with E-state index in [-0.39, 0.29) is 24.0 Å². The zero-order valence-corrected chi connectivity index (χ0v) is 13.9. The van der Waals surface area contributed by atoms with Gasteiger partial charge in [0.05, 0.1) is 19.8 Å². The SMILES string of the molecule is I.NC(=NCC1=CCCOC1)NCCc1cccs1. The Morgan fingerprint density at radius 1 is 1.53 bits per heavy atom. The molecule has 1 aliphatic rings. The van der Waals surface area contributed by atoms with E-state index >= 15 is 0 Å². The van der Waals surface area contributed by atoms with Crippen LogP contribution in [0.25, 0.3) is 0 Å². The van der Waals surface area contributed by atoms with E-state index in [9.17, 15) is 0 Å². The topological polar surface area (TPSA) is 59.6 Å². The average Bonchev–Trinajstić information content (AvgIpc) is 2.91. The average molecular weight is 393 g/mol. The first-order chi connectivity index (χ1) is 8.84. The van der Waals surface area contributed by atoms with Gasteiger partial charge in [0.25, 0.3) is 0 Å². The minimum Gasteiger partial charge on any atom is -0.377 e. The normalized spacial score (nSPS) is 15.6. The molecule has 0 aromatic carbocycles. The van der Waals surface area contributed by atoms with Crippen LogP contribution in [0.5, 0.6) is 0 Å². The lowest BCUT2D eigenvalue weighted by atomic mass is 10.2. The number of halogens is 1. The highest BCUT2D eigenvalue weighted by Gasteiger charge is 2.02. The van der Waals surface area contributed by atoms with Gasteiger partial charge in [0.2, 0.25) is 0 Å². The molecule has 0 saturated heterocycles. The molecule has 0 aliphatic carbocycles. The highest BCUT2D eigenvalue weighted by atomic mass is 127. The number of rotatable bonds is 5. The standard InChI is InChI=1S/C13H19N3OS.HI/c14-13(15-6-5-12-4-2-8-18-12)16-9-11-3-1-7-17-10-11;/h2-4,8H,1,5-7,9-10H2,(H3,14,15,16);1H. The lowest BCUT2D eigenvalue weighted by Crippen LogP contribution is -2.33. The summed E-state index contributed by atoms with van der Waals surface area (Å²) in [6.45, 7) is 2.97. The monoisotopic (exact) mass is 393 g/mol. The molecule has 2 rings (SSSR count). The summed E-state index contributed by atoms with van der Waals surface area (Å²) in [5.74, 6) is 0.512. The van der Waals surface area contributed by atoms with E-state index in [1.165, 1.54) is 10.5 Å². The van der Waals surface area contributed by atoms with Crippen LogP contribution in [0.2, 0.25) is 0 Å². The summed E-state index contributed by atoms with van der Waals surface area (Å²) >= 11 is 1.76.